The van der Waals surface area contributed by atoms with Gasteiger partial charge in [0, 0.05) is 17.8 Å². The molecule has 2 N–H and O–H groups in total. The van der Waals surface area contributed by atoms with Gasteiger partial charge in [0.15, 0.2) is 0 Å². The van der Waals surface area contributed by atoms with E-state index in [-0.39, 0.29) is 11.8 Å². The third kappa shape index (κ3) is 2.14. The molecule has 0 saturated heterocycles. The molecule has 0 atom stereocenters. The predicted octanol–water partition coefficient (Wildman–Crippen LogP) is 2.82. The third-order valence-corrected chi connectivity index (χ3v) is 3.44. The van der Waals surface area contributed by atoms with Crippen molar-refractivity contribution in [2.45, 2.75) is 19.3 Å². The molecule has 1 aromatic heterocycles. The molecule has 1 aliphatic rings. The zero-order valence-corrected chi connectivity index (χ0v) is 10.0. The van der Waals surface area contributed by atoms with Crippen LogP contribution in [-0.4, -0.2) is 16.1 Å². The van der Waals surface area contributed by atoms with Gasteiger partial charge >= 0.3 is 0 Å². The maximum absolute atomic E-state index is 11.8. The number of aromatic amines is 1. The molecule has 1 saturated carbocycles. The van der Waals surface area contributed by atoms with Gasteiger partial charge in [0.2, 0.25) is 5.91 Å². The Morgan fingerprint density at radius 2 is 2.00 bits per heavy atom. The molecule has 0 radical (unpaired) electrons. The smallest absolute Gasteiger partial charge is 0.227 e. The first-order valence-electron chi connectivity index (χ1n) is 6.23. The lowest BCUT2D eigenvalue weighted by atomic mass is 9.85. The van der Waals surface area contributed by atoms with Crippen LogP contribution < -0.4 is 5.32 Å². The van der Waals surface area contributed by atoms with Gasteiger partial charge in [-0.2, -0.15) is 5.10 Å². The molecule has 0 spiro atoms. The van der Waals surface area contributed by atoms with E-state index in [9.17, 15) is 4.79 Å². The fourth-order valence-corrected chi connectivity index (χ4v) is 2.06. The van der Waals surface area contributed by atoms with Crippen molar-refractivity contribution in [3.63, 3.8) is 0 Å². The molecule has 0 aliphatic heterocycles. The van der Waals surface area contributed by atoms with Crippen LogP contribution in [0, 0.1) is 5.92 Å². The van der Waals surface area contributed by atoms with Crippen LogP contribution in [0.5, 0.6) is 0 Å². The van der Waals surface area contributed by atoms with E-state index in [1.165, 1.54) is 6.42 Å². The van der Waals surface area contributed by atoms with Crippen molar-refractivity contribution < 1.29 is 4.79 Å². The molecule has 1 aromatic carbocycles. The SMILES string of the molecule is O=C(Nc1ccc(-c2ccn[nH]2)cc1)C1CCC1. The number of hydrogen-bond donors (Lipinski definition) is 2. The van der Waals surface area contributed by atoms with Gasteiger partial charge in [-0.3, -0.25) is 9.89 Å². The highest BCUT2D eigenvalue weighted by molar-refractivity contribution is 5.93. The van der Waals surface area contributed by atoms with E-state index in [2.05, 4.69) is 15.5 Å². The molecule has 1 heterocycles. The summed E-state index contributed by atoms with van der Waals surface area (Å²) in [6.45, 7) is 0. The van der Waals surface area contributed by atoms with Crippen LogP contribution in [0.2, 0.25) is 0 Å². The minimum Gasteiger partial charge on any atom is -0.326 e. The van der Waals surface area contributed by atoms with Gasteiger partial charge in [0.1, 0.15) is 0 Å². The Hall–Kier alpha value is -2.10. The van der Waals surface area contributed by atoms with Crippen LogP contribution in [-0.2, 0) is 4.79 Å². The average Bonchev–Trinajstić information content (AvgIpc) is 2.81. The molecule has 3 rings (SSSR count). The number of rotatable bonds is 3. The Bertz CT molecular complexity index is 527. The minimum absolute atomic E-state index is 0.149. The van der Waals surface area contributed by atoms with Gasteiger partial charge in [0.25, 0.3) is 0 Å². The van der Waals surface area contributed by atoms with Gasteiger partial charge in [-0.1, -0.05) is 18.6 Å². The van der Waals surface area contributed by atoms with Crippen LogP contribution in [0.25, 0.3) is 11.3 Å². The number of aromatic nitrogens is 2. The van der Waals surface area contributed by atoms with E-state index < -0.39 is 0 Å². The number of hydrogen-bond acceptors (Lipinski definition) is 2. The van der Waals surface area contributed by atoms with E-state index >= 15 is 0 Å². The Morgan fingerprint density at radius 1 is 1.22 bits per heavy atom. The second-order valence-electron chi connectivity index (χ2n) is 4.66. The standard InChI is InChI=1S/C14H15N3O/c18-14(11-2-1-3-11)16-12-6-4-10(5-7-12)13-8-9-15-17-13/h4-9,11H,1-3H2,(H,15,17)(H,16,18). The molecular weight excluding hydrogens is 226 g/mol. The maximum Gasteiger partial charge on any atom is 0.227 e. The Kier molecular flexibility index (Phi) is 2.84. The average molecular weight is 241 g/mol. The number of nitrogens with zero attached hydrogens (tertiary/aromatic N) is 1. The normalized spacial score (nSPS) is 15.1. The fourth-order valence-electron chi connectivity index (χ4n) is 2.06. The lowest BCUT2D eigenvalue weighted by Gasteiger charge is -2.24. The molecule has 0 bridgehead atoms. The lowest BCUT2D eigenvalue weighted by molar-refractivity contribution is -0.122. The van der Waals surface area contributed by atoms with Crippen LogP contribution in [0.15, 0.2) is 36.5 Å². The van der Waals surface area contributed by atoms with E-state index in [0.29, 0.717) is 0 Å². The van der Waals surface area contributed by atoms with Gasteiger partial charge in [-0.15, -0.1) is 0 Å². The molecule has 4 nitrogen and oxygen atoms in total. The van der Waals surface area contributed by atoms with E-state index in [1.807, 2.05) is 30.3 Å². The molecule has 4 heteroatoms. The summed E-state index contributed by atoms with van der Waals surface area (Å²) in [7, 11) is 0. The molecular formula is C14H15N3O. The summed E-state index contributed by atoms with van der Waals surface area (Å²) in [4.78, 5) is 11.8. The summed E-state index contributed by atoms with van der Waals surface area (Å²) in [6, 6.07) is 9.72. The Labute approximate surface area is 105 Å². The molecule has 92 valence electrons. The number of H-pyrrole nitrogens is 1. The zero-order valence-electron chi connectivity index (χ0n) is 10.0. The lowest BCUT2D eigenvalue weighted by Crippen LogP contribution is -2.27. The van der Waals surface area contributed by atoms with Crippen molar-refractivity contribution in [1.29, 1.82) is 0 Å². The Morgan fingerprint density at radius 3 is 2.56 bits per heavy atom. The van der Waals surface area contributed by atoms with Gasteiger partial charge in [-0.25, -0.2) is 0 Å². The number of nitrogens with one attached hydrogen (secondary N) is 2. The molecule has 0 unspecified atom stereocenters. The van der Waals surface area contributed by atoms with Crippen LogP contribution >= 0.6 is 0 Å². The van der Waals surface area contributed by atoms with Crippen molar-refractivity contribution in [3.05, 3.63) is 36.5 Å². The maximum atomic E-state index is 11.8. The van der Waals surface area contributed by atoms with Crippen molar-refractivity contribution in [3.8, 4) is 11.3 Å². The third-order valence-electron chi connectivity index (χ3n) is 3.44. The van der Waals surface area contributed by atoms with E-state index in [1.54, 1.807) is 6.20 Å². The Balaban J connectivity index is 1.69. The summed E-state index contributed by atoms with van der Waals surface area (Å²) in [6.07, 6.45) is 4.95. The van der Waals surface area contributed by atoms with Crippen LogP contribution in [0.4, 0.5) is 5.69 Å². The quantitative estimate of drug-likeness (QED) is 0.868. The molecule has 18 heavy (non-hydrogen) atoms. The molecule has 1 amide bonds. The zero-order chi connectivity index (χ0) is 12.4. The number of amides is 1. The number of benzene rings is 1. The van der Waals surface area contributed by atoms with Crippen molar-refractivity contribution in [1.82, 2.24) is 10.2 Å². The topological polar surface area (TPSA) is 57.8 Å². The molecule has 1 fully saturated rings. The predicted molar refractivity (Wildman–Crippen MR) is 70.0 cm³/mol. The number of carbonyl (C=O) groups is 1. The van der Waals surface area contributed by atoms with Crippen molar-refractivity contribution >= 4 is 11.6 Å². The summed E-state index contributed by atoms with van der Waals surface area (Å²) < 4.78 is 0. The van der Waals surface area contributed by atoms with Gasteiger partial charge < -0.3 is 5.32 Å². The van der Waals surface area contributed by atoms with Crippen LogP contribution in [0.1, 0.15) is 19.3 Å². The monoisotopic (exact) mass is 241 g/mol. The van der Waals surface area contributed by atoms with Gasteiger partial charge in [-0.05, 0) is 36.6 Å². The number of anilines is 1. The first-order chi connectivity index (χ1) is 8.83. The summed E-state index contributed by atoms with van der Waals surface area (Å²) >= 11 is 0. The highest BCUT2D eigenvalue weighted by atomic mass is 16.1. The second-order valence-corrected chi connectivity index (χ2v) is 4.66. The highest BCUT2D eigenvalue weighted by Gasteiger charge is 2.24. The van der Waals surface area contributed by atoms with E-state index in [0.717, 1.165) is 29.8 Å². The fraction of sp³-hybridized carbons (Fsp3) is 0.286. The first kappa shape index (κ1) is 11.0. The minimum atomic E-state index is 0.149. The van der Waals surface area contributed by atoms with E-state index in [4.69, 9.17) is 0 Å². The van der Waals surface area contributed by atoms with Crippen molar-refractivity contribution in [2.75, 3.05) is 5.32 Å². The van der Waals surface area contributed by atoms with Crippen LogP contribution in [0.3, 0.4) is 0 Å². The summed E-state index contributed by atoms with van der Waals surface area (Å²) in [5.41, 5.74) is 2.90. The summed E-state index contributed by atoms with van der Waals surface area (Å²) in [5, 5.41) is 9.78. The summed E-state index contributed by atoms with van der Waals surface area (Å²) in [5.74, 6) is 0.368. The molecule has 1 aliphatic carbocycles. The van der Waals surface area contributed by atoms with Gasteiger partial charge in [0.05, 0.1) is 5.69 Å². The second kappa shape index (κ2) is 4.64. The highest BCUT2D eigenvalue weighted by Crippen LogP contribution is 2.28. The van der Waals surface area contributed by atoms with Crippen molar-refractivity contribution in [2.24, 2.45) is 5.92 Å². The number of carbonyl (C=O) groups excluding carboxylic acids is 1. The largest absolute Gasteiger partial charge is 0.326 e. The molecule has 2 aromatic rings. The first-order valence-corrected chi connectivity index (χ1v) is 6.23.